The fourth-order valence-corrected chi connectivity index (χ4v) is 5.34. The van der Waals surface area contributed by atoms with Crippen molar-refractivity contribution < 1.29 is 24.3 Å². The number of nitrogen functional groups attached to an aromatic ring is 1. The molecule has 1 atom stereocenters. The van der Waals surface area contributed by atoms with Crippen LogP contribution in [-0.4, -0.2) is 48.6 Å². The number of anilines is 2. The van der Waals surface area contributed by atoms with Crippen LogP contribution in [0.15, 0.2) is 58.1 Å². The molecule has 3 amide bonds. The number of hydrogen-bond acceptors (Lipinski definition) is 11. The van der Waals surface area contributed by atoms with E-state index < -0.39 is 40.6 Å². The minimum atomic E-state index is -1.05. The number of primary amides is 1. The van der Waals surface area contributed by atoms with Gasteiger partial charge in [0, 0.05) is 19.2 Å². The van der Waals surface area contributed by atoms with Crippen molar-refractivity contribution in [1.82, 2.24) is 30.4 Å². The number of carbonyl (C=O) groups excluding carboxylic acids is 3. The molecule has 0 saturated heterocycles. The molecule has 0 aliphatic heterocycles. The van der Waals surface area contributed by atoms with E-state index in [1.807, 2.05) is 0 Å². The predicted octanol–water partition coefficient (Wildman–Crippen LogP) is 0.0590. The summed E-state index contributed by atoms with van der Waals surface area (Å²) in [7, 11) is 0. The van der Waals surface area contributed by atoms with Crippen LogP contribution in [0.4, 0.5) is 11.4 Å². The maximum Gasteiger partial charge on any atom is 0.335 e. The molecular formula is C30H25N9O7. The molecule has 3 aromatic carbocycles. The van der Waals surface area contributed by atoms with E-state index in [1.54, 1.807) is 36.4 Å². The van der Waals surface area contributed by atoms with Gasteiger partial charge in [0.2, 0.25) is 0 Å². The predicted molar refractivity (Wildman–Crippen MR) is 162 cm³/mol. The number of aryl methyl sites for hydroxylation is 1. The molecular weight excluding hydrogens is 598 g/mol. The second-order valence-corrected chi connectivity index (χ2v) is 10.7. The van der Waals surface area contributed by atoms with Gasteiger partial charge in [-0.2, -0.15) is 4.52 Å². The first kappa shape index (κ1) is 29.6. The van der Waals surface area contributed by atoms with Crippen LogP contribution in [0.25, 0.3) is 5.65 Å². The number of carboxylic acid groups (broad SMARTS) is 1. The fraction of sp³-hybridized carbons (Fsp3) is 0.167. The van der Waals surface area contributed by atoms with Gasteiger partial charge in [0.1, 0.15) is 22.8 Å². The minimum Gasteiger partial charge on any atom is -0.478 e. The number of nitrogens with two attached hydrogens (primary N) is 2. The summed E-state index contributed by atoms with van der Waals surface area (Å²) in [4.78, 5) is 77.4. The molecule has 0 fully saturated rings. The number of aromatic nitrogens is 4. The van der Waals surface area contributed by atoms with Gasteiger partial charge in [-0.15, -0.1) is 5.10 Å². The van der Waals surface area contributed by atoms with Crippen molar-refractivity contribution in [3.63, 3.8) is 0 Å². The summed E-state index contributed by atoms with van der Waals surface area (Å²) < 4.78 is 1.02. The number of amides is 3. The van der Waals surface area contributed by atoms with Crippen LogP contribution in [0.2, 0.25) is 0 Å². The molecule has 0 bridgehead atoms. The monoisotopic (exact) mass is 623 g/mol. The highest BCUT2D eigenvalue weighted by Crippen LogP contribution is 2.32. The molecule has 0 spiro atoms. The Balaban J connectivity index is 1.21. The van der Waals surface area contributed by atoms with Gasteiger partial charge in [-0.3, -0.25) is 24.0 Å². The van der Waals surface area contributed by atoms with E-state index in [4.69, 9.17) is 11.5 Å². The first-order valence-electron chi connectivity index (χ1n) is 13.9. The first-order chi connectivity index (χ1) is 22.0. The van der Waals surface area contributed by atoms with Crippen LogP contribution in [0.5, 0.6) is 0 Å². The zero-order valence-corrected chi connectivity index (χ0v) is 23.9. The van der Waals surface area contributed by atoms with Crippen molar-refractivity contribution in [2.75, 3.05) is 11.1 Å². The largest absolute Gasteiger partial charge is 0.478 e. The Morgan fingerprint density at radius 3 is 2.46 bits per heavy atom. The van der Waals surface area contributed by atoms with E-state index in [0.717, 1.165) is 21.2 Å². The SMILES string of the molecule is NC(=O)c1nnn2c(C(=O)N[C@H]3CCc4cc(C(=O)O)ccc43)cc(C(=O)NCc3cccc(CNc4c(N)c(=O)c4=O)c3)nc12. The van der Waals surface area contributed by atoms with Crippen LogP contribution in [0, 0.1) is 0 Å². The second kappa shape index (κ2) is 11.6. The summed E-state index contributed by atoms with van der Waals surface area (Å²) in [6, 6.07) is 12.5. The lowest BCUT2D eigenvalue weighted by Gasteiger charge is -2.15. The smallest absolute Gasteiger partial charge is 0.335 e. The summed E-state index contributed by atoms with van der Waals surface area (Å²) in [5.41, 5.74) is 11.9. The highest BCUT2D eigenvalue weighted by Gasteiger charge is 2.28. The van der Waals surface area contributed by atoms with Gasteiger partial charge in [0.05, 0.1) is 11.6 Å². The molecule has 0 saturated carbocycles. The van der Waals surface area contributed by atoms with Crippen LogP contribution in [0.1, 0.15) is 76.5 Å². The third-order valence-electron chi connectivity index (χ3n) is 7.71. The lowest BCUT2D eigenvalue weighted by molar-refractivity contribution is 0.0695. The molecule has 1 aliphatic carbocycles. The summed E-state index contributed by atoms with van der Waals surface area (Å²) >= 11 is 0. The number of rotatable bonds is 10. The normalized spacial score (nSPS) is 13.8. The Bertz CT molecular complexity index is 2160. The Morgan fingerprint density at radius 1 is 0.978 bits per heavy atom. The van der Waals surface area contributed by atoms with Crippen molar-refractivity contribution in [3.05, 3.63) is 114 Å². The maximum atomic E-state index is 13.5. The standard InChI is InChI=1S/C30H25N9O7/c31-21-22(25(41)24(21)40)33-11-13-2-1-3-14(8-13)12-34-28(43)19-10-20(39-27(35-19)23(26(32)42)37-38-39)29(44)36-18-7-5-15-9-16(30(45)46)4-6-17(15)18/h1-4,6,8-10,18,33H,5,7,11-12,31H2,(H2,32,42)(H,34,43)(H,36,44)(H,45,46)/t18-/m0/s1. The Hall–Kier alpha value is -6.45. The zero-order valence-electron chi connectivity index (χ0n) is 23.9. The Morgan fingerprint density at radius 2 is 1.74 bits per heavy atom. The molecule has 8 N–H and O–H groups in total. The Kier molecular flexibility index (Phi) is 7.45. The van der Waals surface area contributed by atoms with E-state index in [2.05, 4.69) is 31.2 Å². The van der Waals surface area contributed by atoms with Gasteiger partial charge in [-0.25, -0.2) is 9.78 Å². The highest BCUT2D eigenvalue weighted by molar-refractivity contribution is 6.01. The molecule has 232 valence electrons. The highest BCUT2D eigenvalue weighted by atomic mass is 16.4. The minimum absolute atomic E-state index is 0.0562. The van der Waals surface area contributed by atoms with Crippen molar-refractivity contribution in [1.29, 1.82) is 0 Å². The summed E-state index contributed by atoms with van der Waals surface area (Å²) in [6.45, 7) is 0.268. The van der Waals surface area contributed by atoms with E-state index >= 15 is 0 Å². The van der Waals surface area contributed by atoms with Gasteiger partial charge >= 0.3 is 5.97 Å². The van der Waals surface area contributed by atoms with Crippen molar-refractivity contribution in [3.8, 4) is 0 Å². The molecule has 46 heavy (non-hydrogen) atoms. The van der Waals surface area contributed by atoms with Gasteiger partial charge in [-0.1, -0.05) is 35.5 Å². The fourth-order valence-electron chi connectivity index (χ4n) is 5.34. The van der Waals surface area contributed by atoms with Crippen molar-refractivity contribution in [2.24, 2.45) is 5.73 Å². The third-order valence-corrected chi connectivity index (χ3v) is 7.71. The summed E-state index contributed by atoms with van der Waals surface area (Å²) in [5, 5.41) is 25.3. The molecule has 0 radical (unpaired) electrons. The van der Waals surface area contributed by atoms with Crippen LogP contribution >= 0.6 is 0 Å². The number of benzene rings is 2. The number of nitrogens with one attached hydrogen (secondary N) is 3. The average Bonchev–Trinajstić information content (AvgIpc) is 3.67. The number of carboxylic acids is 1. The van der Waals surface area contributed by atoms with Crippen molar-refractivity contribution in [2.45, 2.75) is 32.0 Å². The molecule has 0 unspecified atom stereocenters. The number of nitrogens with zero attached hydrogens (tertiary/aromatic N) is 4. The van der Waals surface area contributed by atoms with Crippen LogP contribution < -0.4 is 38.3 Å². The van der Waals surface area contributed by atoms with Crippen molar-refractivity contribution >= 4 is 40.7 Å². The second-order valence-electron chi connectivity index (χ2n) is 10.7. The molecule has 1 aliphatic rings. The molecule has 2 heterocycles. The van der Waals surface area contributed by atoms with E-state index in [0.29, 0.717) is 18.4 Å². The summed E-state index contributed by atoms with van der Waals surface area (Å²) in [6.07, 6.45) is 1.07. The van der Waals surface area contributed by atoms with E-state index in [1.165, 1.54) is 12.1 Å². The van der Waals surface area contributed by atoms with Gasteiger partial charge < -0.3 is 32.5 Å². The third kappa shape index (κ3) is 5.38. The zero-order chi connectivity index (χ0) is 32.7. The number of hydrogen-bond donors (Lipinski definition) is 6. The lowest BCUT2D eigenvalue weighted by Crippen LogP contribution is -2.36. The van der Waals surface area contributed by atoms with Gasteiger partial charge in [0.15, 0.2) is 11.3 Å². The van der Waals surface area contributed by atoms with Crippen LogP contribution in [0.3, 0.4) is 0 Å². The maximum absolute atomic E-state index is 13.5. The first-order valence-corrected chi connectivity index (χ1v) is 13.9. The lowest BCUT2D eigenvalue weighted by atomic mass is 10.0. The quantitative estimate of drug-likeness (QED) is 0.113. The molecule has 16 heteroatoms. The van der Waals surface area contributed by atoms with Crippen LogP contribution in [-0.2, 0) is 19.5 Å². The van der Waals surface area contributed by atoms with E-state index in [9.17, 15) is 33.9 Å². The molecule has 2 aromatic heterocycles. The molecule has 6 rings (SSSR count). The van der Waals surface area contributed by atoms with Gasteiger partial charge in [-0.05, 0) is 47.2 Å². The average molecular weight is 624 g/mol. The topological polar surface area (TPSA) is 254 Å². The number of carbonyl (C=O) groups is 4. The Labute approximate surface area is 258 Å². The van der Waals surface area contributed by atoms with Gasteiger partial charge in [0.25, 0.3) is 28.6 Å². The molecule has 16 nitrogen and oxygen atoms in total. The number of fused-ring (bicyclic) bond motifs is 2. The molecule has 5 aromatic rings. The van der Waals surface area contributed by atoms with E-state index in [-0.39, 0.29) is 52.8 Å². The summed E-state index contributed by atoms with van der Waals surface area (Å²) in [5.74, 6) is -3.31. The number of aromatic carboxylic acids is 1.